The molecule has 0 aromatic heterocycles. The third-order valence-corrected chi connectivity index (χ3v) is 3.93. The van der Waals surface area contributed by atoms with Gasteiger partial charge in [-0.25, -0.2) is 0 Å². The summed E-state index contributed by atoms with van der Waals surface area (Å²) in [4.78, 5) is 14.4. The molecule has 0 aliphatic rings. The fourth-order valence-corrected chi connectivity index (χ4v) is 2.36. The first kappa shape index (κ1) is 17.3. The van der Waals surface area contributed by atoms with Gasteiger partial charge in [-0.2, -0.15) is 0 Å². The predicted octanol–water partition coefficient (Wildman–Crippen LogP) is 3.77. The maximum absolute atomic E-state index is 12.3. The molecule has 0 saturated heterocycles. The second kappa shape index (κ2) is 7.99. The average molecular weight is 332 g/mol. The van der Waals surface area contributed by atoms with Crippen LogP contribution in [0.1, 0.15) is 19.4 Å². The molecule has 23 heavy (non-hydrogen) atoms. The van der Waals surface area contributed by atoms with Crippen molar-refractivity contribution in [1.82, 2.24) is 4.90 Å². The quantitative estimate of drug-likeness (QED) is 0.792. The van der Waals surface area contributed by atoms with Crippen LogP contribution in [-0.2, 0) is 11.3 Å². The Kier molecular flexibility index (Phi) is 6.02. The second-order valence-corrected chi connectivity index (χ2v) is 6.18. The molecule has 4 nitrogen and oxygen atoms in total. The van der Waals surface area contributed by atoms with Gasteiger partial charge in [0, 0.05) is 18.3 Å². The van der Waals surface area contributed by atoms with Crippen LogP contribution < -0.4 is 11.1 Å². The van der Waals surface area contributed by atoms with E-state index in [0.717, 1.165) is 6.54 Å². The van der Waals surface area contributed by atoms with Crippen LogP contribution >= 0.6 is 11.6 Å². The summed E-state index contributed by atoms with van der Waals surface area (Å²) >= 11 is 5.89. The number of nitrogens with zero attached hydrogens (tertiary/aromatic N) is 1. The third-order valence-electron chi connectivity index (χ3n) is 3.59. The molecule has 2 rings (SSSR count). The molecule has 2 aromatic carbocycles. The van der Waals surface area contributed by atoms with E-state index < -0.39 is 0 Å². The summed E-state index contributed by atoms with van der Waals surface area (Å²) in [6.07, 6.45) is 0. The van der Waals surface area contributed by atoms with Crippen molar-refractivity contribution >= 4 is 28.9 Å². The molecule has 0 heterocycles. The first-order valence-corrected chi connectivity index (χ1v) is 7.96. The van der Waals surface area contributed by atoms with Gasteiger partial charge in [-0.1, -0.05) is 41.9 Å². The highest BCUT2D eigenvalue weighted by molar-refractivity contribution is 6.33. The zero-order chi connectivity index (χ0) is 16.8. The summed E-state index contributed by atoms with van der Waals surface area (Å²) in [5, 5.41) is 3.34. The number of amides is 1. The van der Waals surface area contributed by atoms with Crippen LogP contribution in [0.25, 0.3) is 0 Å². The normalized spacial score (nSPS) is 11.0. The summed E-state index contributed by atoms with van der Waals surface area (Å²) in [7, 11) is 0. The summed E-state index contributed by atoms with van der Waals surface area (Å²) in [5.74, 6) is -0.0728. The van der Waals surface area contributed by atoms with Crippen molar-refractivity contribution in [3.05, 3.63) is 59.1 Å². The van der Waals surface area contributed by atoms with Gasteiger partial charge in [-0.15, -0.1) is 0 Å². The van der Waals surface area contributed by atoms with E-state index in [1.165, 1.54) is 5.56 Å². The highest BCUT2D eigenvalue weighted by Crippen LogP contribution is 2.22. The number of halogens is 1. The van der Waals surface area contributed by atoms with Crippen molar-refractivity contribution in [1.29, 1.82) is 0 Å². The Bertz CT molecular complexity index is 659. The van der Waals surface area contributed by atoms with E-state index in [1.807, 2.05) is 18.2 Å². The topological polar surface area (TPSA) is 58.4 Å². The number of anilines is 2. The van der Waals surface area contributed by atoms with Crippen LogP contribution in [0, 0.1) is 0 Å². The van der Waals surface area contributed by atoms with Gasteiger partial charge in [0.15, 0.2) is 0 Å². The molecule has 0 aliphatic heterocycles. The van der Waals surface area contributed by atoms with E-state index in [2.05, 4.69) is 36.2 Å². The van der Waals surface area contributed by atoms with E-state index in [4.69, 9.17) is 17.3 Å². The maximum atomic E-state index is 12.3. The lowest BCUT2D eigenvalue weighted by atomic mass is 10.2. The summed E-state index contributed by atoms with van der Waals surface area (Å²) in [6.45, 7) is 5.21. The minimum absolute atomic E-state index is 0.0728. The Balaban J connectivity index is 1.99. The lowest BCUT2D eigenvalue weighted by Crippen LogP contribution is -2.37. The van der Waals surface area contributed by atoms with Gasteiger partial charge in [0.2, 0.25) is 5.91 Å². The molecule has 1 amide bonds. The third kappa shape index (κ3) is 5.27. The molecule has 5 heteroatoms. The molecule has 3 N–H and O–H groups in total. The summed E-state index contributed by atoms with van der Waals surface area (Å²) < 4.78 is 0. The van der Waals surface area contributed by atoms with E-state index in [0.29, 0.717) is 22.9 Å². The van der Waals surface area contributed by atoms with E-state index in [9.17, 15) is 4.79 Å². The largest absolute Gasteiger partial charge is 0.397 e. The molecule has 0 atom stereocenters. The minimum atomic E-state index is -0.0728. The van der Waals surface area contributed by atoms with Gasteiger partial charge in [0.25, 0.3) is 0 Å². The molecule has 0 saturated carbocycles. The van der Waals surface area contributed by atoms with Crippen molar-refractivity contribution < 1.29 is 4.79 Å². The standard InChI is InChI=1S/C18H22ClN3O/c1-13(2)22(11-14-6-4-3-5-7-14)12-18(23)21-15-8-9-16(19)17(20)10-15/h3-10,13H,11-12,20H2,1-2H3,(H,21,23). The Morgan fingerprint density at radius 2 is 1.91 bits per heavy atom. The second-order valence-electron chi connectivity index (χ2n) is 5.77. The number of nitrogen functional groups attached to an aromatic ring is 1. The van der Waals surface area contributed by atoms with Crippen molar-refractivity contribution in [3.8, 4) is 0 Å². The molecule has 0 bridgehead atoms. The lowest BCUT2D eigenvalue weighted by molar-refractivity contribution is -0.117. The number of carbonyl (C=O) groups is 1. The first-order chi connectivity index (χ1) is 11.0. The van der Waals surface area contributed by atoms with Crippen LogP contribution in [0.4, 0.5) is 11.4 Å². The number of hydrogen-bond donors (Lipinski definition) is 2. The van der Waals surface area contributed by atoms with Gasteiger partial charge in [-0.3, -0.25) is 9.69 Å². The lowest BCUT2D eigenvalue weighted by Gasteiger charge is -2.26. The van der Waals surface area contributed by atoms with Gasteiger partial charge in [0.05, 0.1) is 17.3 Å². The van der Waals surface area contributed by atoms with Crippen LogP contribution in [-0.4, -0.2) is 23.4 Å². The van der Waals surface area contributed by atoms with Crippen molar-refractivity contribution in [3.63, 3.8) is 0 Å². The zero-order valence-electron chi connectivity index (χ0n) is 13.4. The van der Waals surface area contributed by atoms with Crippen molar-refractivity contribution in [2.45, 2.75) is 26.4 Å². The Hall–Kier alpha value is -2.04. The summed E-state index contributed by atoms with van der Waals surface area (Å²) in [6, 6.07) is 15.5. The molecular weight excluding hydrogens is 310 g/mol. The van der Waals surface area contributed by atoms with Crippen molar-refractivity contribution in [2.24, 2.45) is 0 Å². The highest BCUT2D eigenvalue weighted by atomic mass is 35.5. The number of benzene rings is 2. The molecule has 0 unspecified atom stereocenters. The number of nitrogens with two attached hydrogens (primary N) is 1. The van der Waals surface area contributed by atoms with Crippen LogP contribution in [0.3, 0.4) is 0 Å². The van der Waals surface area contributed by atoms with Crippen LogP contribution in [0.5, 0.6) is 0 Å². The predicted molar refractivity (Wildman–Crippen MR) is 96.5 cm³/mol. The molecule has 0 aliphatic carbocycles. The minimum Gasteiger partial charge on any atom is -0.397 e. The van der Waals surface area contributed by atoms with E-state index in [-0.39, 0.29) is 11.9 Å². The Labute approximate surface area is 142 Å². The molecule has 0 spiro atoms. The van der Waals surface area contributed by atoms with Gasteiger partial charge >= 0.3 is 0 Å². The van der Waals surface area contributed by atoms with E-state index >= 15 is 0 Å². The van der Waals surface area contributed by atoms with Crippen LogP contribution in [0.2, 0.25) is 5.02 Å². The number of rotatable bonds is 6. The summed E-state index contributed by atoms with van der Waals surface area (Å²) in [5.41, 5.74) is 8.05. The SMILES string of the molecule is CC(C)N(CC(=O)Nc1ccc(Cl)c(N)c1)Cc1ccccc1. The molecule has 122 valence electrons. The average Bonchev–Trinajstić information content (AvgIpc) is 2.51. The monoisotopic (exact) mass is 331 g/mol. The van der Waals surface area contributed by atoms with Crippen molar-refractivity contribution in [2.75, 3.05) is 17.6 Å². The Morgan fingerprint density at radius 1 is 1.22 bits per heavy atom. The fraction of sp³-hybridized carbons (Fsp3) is 0.278. The van der Waals surface area contributed by atoms with Crippen LogP contribution in [0.15, 0.2) is 48.5 Å². The fourth-order valence-electron chi connectivity index (χ4n) is 2.25. The molecule has 0 radical (unpaired) electrons. The molecule has 2 aromatic rings. The van der Waals surface area contributed by atoms with E-state index in [1.54, 1.807) is 18.2 Å². The smallest absolute Gasteiger partial charge is 0.238 e. The molecular formula is C18H22ClN3O. The number of nitrogens with one attached hydrogen (secondary N) is 1. The van der Waals surface area contributed by atoms with Gasteiger partial charge in [-0.05, 0) is 37.6 Å². The number of hydrogen-bond acceptors (Lipinski definition) is 3. The van der Waals surface area contributed by atoms with Gasteiger partial charge < -0.3 is 11.1 Å². The zero-order valence-corrected chi connectivity index (χ0v) is 14.2. The molecule has 0 fully saturated rings. The maximum Gasteiger partial charge on any atom is 0.238 e. The Morgan fingerprint density at radius 3 is 2.52 bits per heavy atom. The highest BCUT2D eigenvalue weighted by Gasteiger charge is 2.15. The van der Waals surface area contributed by atoms with Gasteiger partial charge in [0.1, 0.15) is 0 Å². The first-order valence-electron chi connectivity index (χ1n) is 7.58. The number of carbonyl (C=O) groups excluding carboxylic acids is 1.